The highest BCUT2D eigenvalue weighted by atomic mass is 16.6. The molecule has 1 aromatic heterocycles. The van der Waals surface area contributed by atoms with Crippen LogP contribution in [0.5, 0.6) is 0 Å². The molecule has 2 aliphatic rings. The van der Waals surface area contributed by atoms with E-state index in [0.29, 0.717) is 51.2 Å². The Kier molecular flexibility index (Phi) is 6.52. The van der Waals surface area contributed by atoms with E-state index in [1.54, 1.807) is 16.7 Å². The second-order valence-corrected chi connectivity index (χ2v) is 8.61. The van der Waals surface area contributed by atoms with Crippen LogP contribution in [0.2, 0.25) is 0 Å². The molecule has 0 aliphatic carbocycles. The Labute approximate surface area is 176 Å². The van der Waals surface area contributed by atoms with Gasteiger partial charge in [0, 0.05) is 43.4 Å². The van der Waals surface area contributed by atoms with Gasteiger partial charge in [-0.2, -0.15) is 5.10 Å². The van der Waals surface area contributed by atoms with Gasteiger partial charge in [-0.25, -0.2) is 9.59 Å². The van der Waals surface area contributed by atoms with Crippen LogP contribution in [0.15, 0.2) is 0 Å². The minimum Gasteiger partial charge on any atom is -0.450 e. The number of likely N-dealkylation sites (tertiary alicyclic amines) is 1. The first kappa shape index (κ1) is 21.9. The van der Waals surface area contributed by atoms with Crippen molar-refractivity contribution in [2.45, 2.75) is 65.1 Å². The van der Waals surface area contributed by atoms with Crippen molar-refractivity contribution in [2.75, 3.05) is 26.2 Å². The van der Waals surface area contributed by atoms with Gasteiger partial charge >= 0.3 is 12.2 Å². The third-order valence-corrected chi connectivity index (χ3v) is 5.16. The molecule has 0 saturated carbocycles. The Bertz CT molecular complexity index is 792. The molecule has 30 heavy (non-hydrogen) atoms. The fourth-order valence-corrected chi connectivity index (χ4v) is 3.64. The van der Waals surface area contributed by atoms with E-state index < -0.39 is 11.7 Å². The maximum atomic E-state index is 12.8. The zero-order valence-electron chi connectivity index (χ0n) is 18.1. The number of H-pyrrole nitrogens is 1. The lowest BCUT2D eigenvalue weighted by atomic mass is 10.0. The number of aromatic nitrogens is 2. The van der Waals surface area contributed by atoms with Gasteiger partial charge in [0.1, 0.15) is 5.60 Å². The lowest BCUT2D eigenvalue weighted by Gasteiger charge is -2.32. The van der Waals surface area contributed by atoms with Crippen molar-refractivity contribution >= 4 is 18.1 Å². The van der Waals surface area contributed by atoms with Gasteiger partial charge in [0.05, 0.1) is 13.2 Å². The maximum Gasteiger partial charge on any atom is 0.410 e. The van der Waals surface area contributed by atoms with Crippen LogP contribution in [-0.4, -0.2) is 76.0 Å². The number of carbonyl (C=O) groups excluding carboxylic acids is 3. The minimum absolute atomic E-state index is 0.0407. The van der Waals surface area contributed by atoms with E-state index in [-0.39, 0.29) is 24.6 Å². The summed E-state index contributed by atoms with van der Waals surface area (Å²) in [6.07, 6.45) is 1.19. The summed E-state index contributed by atoms with van der Waals surface area (Å²) in [4.78, 5) is 40.3. The van der Waals surface area contributed by atoms with Crippen LogP contribution < -0.4 is 5.32 Å². The molecule has 0 atom stereocenters. The van der Waals surface area contributed by atoms with E-state index in [1.165, 1.54) is 0 Å². The normalized spacial score (nSPS) is 17.3. The monoisotopic (exact) mass is 421 g/mol. The molecule has 0 aromatic carbocycles. The molecule has 0 spiro atoms. The first-order valence-corrected chi connectivity index (χ1v) is 10.4. The number of piperidine rings is 1. The Morgan fingerprint density at radius 3 is 2.47 bits per heavy atom. The number of hydrogen-bond donors (Lipinski definition) is 2. The Hall–Kier alpha value is -2.78. The summed E-state index contributed by atoms with van der Waals surface area (Å²) in [5.41, 5.74) is 1.34. The van der Waals surface area contributed by atoms with E-state index in [4.69, 9.17) is 9.47 Å². The number of aromatic amines is 1. The van der Waals surface area contributed by atoms with Crippen LogP contribution in [0.4, 0.5) is 9.59 Å². The largest absolute Gasteiger partial charge is 0.450 e. The molecule has 3 heterocycles. The number of nitrogens with zero attached hydrogens (tertiary/aromatic N) is 3. The average Bonchev–Trinajstić information content (AvgIpc) is 3.10. The van der Waals surface area contributed by atoms with E-state index in [1.807, 2.05) is 20.8 Å². The van der Waals surface area contributed by atoms with E-state index in [0.717, 1.165) is 11.3 Å². The highest BCUT2D eigenvalue weighted by Gasteiger charge is 2.31. The number of ether oxygens (including phenoxy) is 2. The molecular weight excluding hydrogens is 390 g/mol. The minimum atomic E-state index is -0.577. The molecule has 1 aromatic rings. The smallest absolute Gasteiger partial charge is 0.410 e. The zero-order valence-corrected chi connectivity index (χ0v) is 18.1. The molecule has 0 radical (unpaired) electrons. The third kappa shape index (κ3) is 5.22. The number of carbonyl (C=O) groups is 3. The van der Waals surface area contributed by atoms with Crippen LogP contribution >= 0.6 is 0 Å². The molecule has 166 valence electrons. The molecular formula is C20H31N5O5. The third-order valence-electron chi connectivity index (χ3n) is 5.16. The fourth-order valence-electron chi connectivity index (χ4n) is 3.64. The van der Waals surface area contributed by atoms with E-state index in [2.05, 4.69) is 15.5 Å². The molecule has 0 bridgehead atoms. The second kappa shape index (κ2) is 8.93. The topological polar surface area (TPSA) is 117 Å². The first-order chi connectivity index (χ1) is 14.2. The summed E-state index contributed by atoms with van der Waals surface area (Å²) in [5, 5.41) is 10.1. The molecule has 2 N–H and O–H groups in total. The Morgan fingerprint density at radius 1 is 1.13 bits per heavy atom. The quantitative estimate of drug-likeness (QED) is 0.772. The Morgan fingerprint density at radius 2 is 1.83 bits per heavy atom. The van der Waals surface area contributed by atoms with Crippen molar-refractivity contribution in [3.63, 3.8) is 0 Å². The second-order valence-electron chi connectivity index (χ2n) is 8.61. The van der Waals surface area contributed by atoms with E-state index >= 15 is 0 Å². The van der Waals surface area contributed by atoms with Crippen molar-refractivity contribution in [3.8, 4) is 0 Å². The number of rotatable bonds is 3. The van der Waals surface area contributed by atoms with Crippen molar-refractivity contribution in [1.82, 2.24) is 25.3 Å². The standard InChI is InChI=1S/C20H31N5O5/c1-5-29-18(27)24-9-6-13(7-10-24)21-17(26)16-14-12-25(11-8-15(14)22-23-16)19(28)30-20(2,3)4/h13H,5-12H2,1-4H3,(H,21,26)(H,22,23). The van der Waals surface area contributed by atoms with E-state index in [9.17, 15) is 14.4 Å². The lowest BCUT2D eigenvalue weighted by molar-refractivity contribution is 0.0222. The molecule has 2 aliphatic heterocycles. The molecule has 1 saturated heterocycles. The van der Waals surface area contributed by atoms with Gasteiger partial charge in [-0.05, 0) is 40.5 Å². The molecule has 1 fully saturated rings. The van der Waals surface area contributed by atoms with Crippen LogP contribution in [0.3, 0.4) is 0 Å². The van der Waals surface area contributed by atoms with Crippen LogP contribution in [0, 0.1) is 0 Å². The summed E-state index contributed by atoms with van der Waals surface area (Å²) < 4.78 is 10.5. The lowest BCUT2D eigenvalue weighted by Crippen LogP contribution is -2.47. The number of fused-ring (bicyclic) bond motifs is 1. The number of nitrogens with one attached hydrogen (secondary N) is 2. The van der Waals surface area contributed by atoms with Gasteiger partial charge in [-0.1, -0.05) is 0 Å². The Balaban J connectivity index is 1.58. The van der Waals surface area contributed by atoms with Gasteiger partial charge in [-0.3, -0.25) is 9.89 Å². The maximum absolute atomic E-state index is 12.8. The van der Waals surface area contributed by atoms with Crippen molar-refractivity contribution in [2.24, 2.45) is 0 Å². The van der Waals surface area contributed by atoms with Gasteiger partial charge in [-0.15, -0.1) is 0 Å². The predicted octanol–water partition coefficient (Wildman–Crippen LogP) is 2.05. The highest BCUT2D eigenvalue weighted by Crippen LogP contribution is 2.23. The highest BCUT2D eigenvalue weighted by molar-refractivity contribution is 5.94. The summed E-state index contributed by atoms with van der Waals surface area (Å²) >= 11 is 0. The number of amides is 3. The summed E-state index contributed by atoms with van der Waals surface area (Å²) in [5.74, 6) is -0.270. The van der Waals surface area contributed by atoms with Crippen LogP contribution in [0.25, 0.3) is 0 Å². The average molecular weight is 421 g/mol. The first-order valence-electron chi connectivity index (χ1n) is 10.4. The number of hydrogen-bond acceptors (Lipinski definition) is 6. The molecule has 10 nitrogen and oxygen atoms in total. The van der Waals surface area contributed by atoms with Crippen molar-refractivity contribution in [1.29, 1.82) is 0 Å². The zero-order chi connectivity index (χ0) is 21.9. The van der Waals surface area contributed by atoms with Crippen LogP contribution in [-0.2, 0) is 22.4 Å². The fraction of sp³-hybridized carbons (Fsp3) is 0.700. The van der Waals surface area contributed by atoms with Crippen molar-refractivity contribution < 1.29 is 23.9 Å². The molecule has 3 amide bonds. The summed E-state index contributed by atoms with van der Waals surface area (Å²) in [6, 6.07) is -0.0407. The molecule has 0 unspecified atom stereocenters. The summed E-state index contributed by atoms with van der Waals surface area (Å²) in [7, 11) is 0. The summed E-state index contributed by atoms with van der Waals surface area (Å²) in [6.45, 7) is 9.46. The van der Waals surface area contributed by atoms with Gasteiger partial charge < -0.3 is 24.6 Å². The van der Waals surface area contributed by atoms with Crippen molar-refractivity contribution in [3.05, 3.63) is 17.0 Å². The molecule has 3 rings (SSSR count). The molecule has 10 heteroatoms. The van der Waals surface area contributed by atoms with Gasteiger partial charge in [0.2, 0.25) is 0 Å². The predicted molar refractivity (Wildman–Crippen MR) is 108 cm³/mol. The SMILES string of the molecule is CCOC(=O)N1CCC(NC(=O)c2n[nH]c3c2CN(C(=O)OC(C)(C)C)CC3)CC1. The van der Waals surface area contributed by atoms with Crippen LogP contribution in [0.1, 0.15) is 62.3 Å². The van der Waals surface area contributed by atoms with Gasteiger partial charge in [0.15, 0.2) is 5.69 Å². The van der Waals surface area contributed by atoms with Gasteiger partial charge in [0.25, 0.3) is 5.91 Å².